The number of methoxy groups -OCH3 is 3. The summed E-state index contributed by atoms with van der Waals surface area (Å²) in [5.41, 5.74) is 7.60. The number of carbonyl (C=O) groups is 1. The molecule has 1 atom stereocenters. The Morgan fingerprint density at radius 1 is 1.00 bits per heavy atom. The van der Waals surface area contributed by atoms with Crippen LogP contribution in [-0.2, 0) is 22.6 Å². The molecule has 2 rings (SSSR count). The Morgan fingerprint density at radius 3 is 2.28 bits per heavy atom. The van der Waals surface area contributed by atoms with Crippen LogP contribution in [0.2, 0.25) is 0 Å². The largest absolute Gasteiger partial charge is 0.497 e. The van der Waals surface area contributed by atoms with Crippen LogP contribution in [0, 0.1) is 0 Å². The van der Waals surface area contributed by atoms with Gasteiger partial charge < -0.3 is 24.7 Å². The third-order valence-corrected chi connectivity index (χ3v) is 3.76. The molecule has 0 amide bonds. The van der Waals surface area contributed by atoms with Crippen LogP contribution in [0.3, 0.4) is 0 Å². The van der Waals surface area contributed by atoms with E-state index >= 15 is 0 Å². The summed E-state index contributed by atoms with van der Waals surface area (Å²) in [4.78, 5) is 11.5. The highest BCUT2D eigenvalue weighted by Crippen LogP contribution is 2.24. The Hall–Kier alpha value is -2.73. The maximum atomic E-state index is 11.5. The van der Waals surface area contributed by atoms with Crippen LogP contribution < -0.4 is 19.9 Å². The average molecular weight is 345 g/mol. The molecule has 0 saturated carbocycles. The van der Waals surface area contributed by atoms with Gasteiger partial charge in [-0.15, -0.1) is 0 Å². The monoisotopic (exact) mass is 345 g/mol. The molecular formula is C19H23NO5. The van der Waals surface area contributed by atoms with Crippen molar-refractivity contribution in [3.05, 3.63) is 53.6 Å². The molecule has 2 aromatic rings. The minimum absolute atomic E-state index is 0.330. The molecule has 25 heavy (non-hydrogen) atoms. The molecule has 0 radical (unpaired) electrons. The molecular weight excluding hydrogens is 322 g/mol. The van der Waals surface area contributed by atoms with Crippen molar-refractivity contribution >= 4 is 5.97 Å². The van der Waals surface area contributed by atoms with Gasteiger partial charge in [0.25, 0.3) is 0 Å². The van der Waals surface area contributed by atoms with Crippen molar-refractivity contribution in [2.45, 2.75) is 19.1 Å². The molecule has 0 fully saturated rings. The molecule has 2 aromatic carbocycles. The lowest BCUT2D eigenvalue weighted by Gasteiger charge is -2.14. The number of nitrogens with two attached hydrogens (primary N) is 1. The molecule has 6 heteroatoms. The molecule has 0 aliphatic heterocycles. The van der Waals surface area contributed by atoms with E-state index in [1.165, 1.54) is 7.11 Å². The highest BCUT2D eigenvalue weighted by Gasteiger charge is 2.15. The van der Waals surface area contributed by atoms with Crippen LogP contribution >= 0.6 is 0 Å². The zero-order valence-corrected chi connectivity index (χ0v) is 14.7. The SMILES string of the molecule is COC(=O)C(N)Cc1ccc(OC)c(COc2ccc(OC)cc2)c1. The van der Waals surface area contributed by atoms with E-state index in [2.05, 4.69) is 4.74 Å². The standard InChI is InChI=1S/C19H23NO5/c1-22-15-5-7-16(8-6-15)25-12-14-10-13(4-9-18(14)23-2)11-17(20)19(21)24-3/h4-10,17H,11-12,20H2,1-3H3. The quantitative estimate of drug-likeness (QED) is 0.740. The van der Waals surface area contributed by atoms with Crippen molar-refractivity contribution in [1.29, 1.82) is 0 Å². The summed E-state index contributed by atoms with van der Waals surface area (Å²) in [7, 11) is 4.54. The predicted octanol–water partition coefficient (Wildman–Crippen LogP) is 2.33. The third kappa shape index (κ3) is 5.12. The summed E-state index contributed by atoms with van der Waals surface area (Å²) in [6, 6.07) is 12.3. The maximum Gasteiger partial charge on any atom is 0.322 e. The first-order chi connectivity index (χ1) is 12.1. The third-order valence-electron chi connectivity index (χ3n) is 3.76. The maximum absolute atomic E-state index is 11.5. The molecule has 0 aromatic heterocycles. The second kappa shape index (κ2) is 8.94. The van der Waals surface area contributed by atoms with E-state index in [1.54, 1.807) is 14.2 Å². The van der Waals surface area contributed by atoms with Gasteiger partial charge in [-0.25, -0.2) is 0 Å². The van der Waals surface area contributed by atoms with Crippen molar-refractivity contribution in [1.82, 2.24) is 0 Å². The molecule has 0 aliphatic carbocycles. The van der Waals surface area contributed by atoms with Crippen LogP contribution in [0.1, 0.15) is 11.1 Å². The molecule has 0 heterocycles. The average Bonchev–Trinajstić information content (AvgIpc) is 2.66. The van der Waals surface area contributed by atoms with E-state index in [0.29, 0.717) is 18.8 Å². The van der Waals surface area contributed by atoms with Gasteiger partial charge in [0, 0.05) is 5.56 Å². The summed E-state index contributed by atoms with van der Waals surface area (Å²) >= 11 is 0. The van der Waals surface area contributed by atoms with Gasteiger partial charge in [0.2, 0.25) is 0 Å². The Labute approximate surface area is 147 Å². The summed E-state index contributed by atoms with van der Waals surface area (Å²) < 4.78 is 21.0. The van der Waals surface area contributed by atoms with Crippen LogP contribution in [0.4, 0.5) is 0 Å². The molecule has 0 saturated heterocycles. The Kier molecular flexibility index (Phi) is 6.65. The molecule has 134 valence electrons. The first-order valence-electron chi connectivity index (χ1n) is 7.83. The van der Waals surface area contributed by atoms with Gasteiger partial charge in [0.15, 0.2) is 0 Å². The molecule has 0 aliphatic rings. The number of esters is 1. The van der Waals surface area contributed by atoms with Gasteiger partial charge in [-0.2, -0.15) is 0 Å². The van der Waals surface area contributed by atoms with Crippen molar-refractivity contribution < 1.29 is 23.7 Å². The van der Waals surface area contributed by atoms with Gasteiger partial charge in [0.05, 0.1) is 21.3 Å². The van der Waals surface area contributed by atoms with E-state index < -0.39 is 12.0 Å². The normalized spacial score (nSPS) is 11.5. The van der Waals surface area contributed by atoms with Gasteiger partial charge in [-0.1, -0.05) is 6.07 Å². The van der Waals surface area contributed by atoms with Crippen molar-refractivity contribution in [3.8, 4) is 17.2 Å². The van der Waals surface area contributed by atoms with E-state index in [9.17, 15) is 4.79 Å². The number of ether oxygens (including phenoxy) is 4. The Morgan fingerprint density at radius 2 is 1.68 bits per heavy atom. The Balaban J connectivity index is 2.09. The van der Waals surface area contributed by atoms with Crippen molar-refractivity contribution in [2.24, 2.45) is 5.73 Å². The number of benzene rings is 2. The van der Waals surface area contributed by atoms with Gasteiger partial charge >= 0.3 is 5.97 Å². The summed E-state index contributed by atoms with van der Waals surface area (Å²) in [6.07, 6.45) is 0.381. The molecule has 6 nitrogen and oxygen atoms in total. The lowest BCUT2D eigenvalue weighted by molar-refractivity contribution is -0.142. The van der Waals surface area contributed by atoms with E-state index in [-0.39, 0.29) is 0 Å². The fraction of sp³-hybridized carbons (Fsp3) is 0.316. The minimum Gasteiger partial charge on any atom is -0.497 e. The summed E-state index contributed by atoms with van der Waals surface area (Å²) in [6.45, 7) is 0.330. The number of carbonyl (C=O) groups excluding carboxylic acids is 1. The van der Waals surface area contributed by atoms with E-state index in [0.717, 1.165) is 22.6 Å². The number of rotatable bonds is 8. The van der Waals surface area contributed by atoms with Crippen LogP contribution in [0.5, 0.6) is 17.2 Å². The lowest BCUT2D eigenvalue weighted by Crippen LogP contribution is -2.33. The molecule has 1 unspecified atom stereocenters. The van der Waals surface area contributed by atoms with E-state index in [1.807, 2.05) is 42.5 Å². The minimum atomic E-state index is -0.700. The highest BCUT2D eigenvalue weighted by molar-refractivity contribution is 5.75. The highest BCUT2D eigenvalue weighted by atomic mass is 16.5. The summed E-state index contributed by atoms with van der Waals surface area (Å²) in [5, 5.41) is 0. The van der Waals surface area contributed by atoms with Crippen molar-refractivity contribution in [3.63, 3.8) is 0 Å². The second-order valence-electron chi connectivity index (χ2n) is 5.44. The topological polar surface area (TPSA) is 80.0 Å². The fourth-order valence-corrected chi connectivity index (χ4v) is 2.39. The van der Waals surface area contributed by atoms with Gasteiger partial charge in [-0.05, 0) is 48.4 Å². The first-order valence-corrected chi connectivity index (χ1v) is 7.83. The zero-order valence-electron chi connectivity index (χ0n) is 14.7. The number of hydrogen-bond acceptors (Lipinski definition) is 6. The van der Waals surface area contributed by atoms with Gasteiger partial charge in [0.1, 0.15) is 29.9 Å². The smallest absolute Gasteiger partial charge is 0.322 e. The number of hydrogen-bond donors (Lipinski definition) is 1. The van der Waals surface area contributed by atoms with Crippen LogP contribution in [-0.4, -0.2) is 33.3 Å². The fourth-order valence-electron chi connectivity index (χ4n) is 2.39. The summed E-state index contributed by atoms with van der Waals surface area (Å²) in [5.74, 6) is 1.76. The second-order valence-corrected chi connectivity index (χ2v) is 5.44. The zero-order chi connectivity index (χ0) is 18.2. The molecule has 0 spiro atoms. The van der Waals surface area contributed by atoms with Crippen LogP contribution in [0.15, 0.2) is 42.5 Å². The van der Waals surface area contributed by atoms with E-state index in [4.69, 9.17) is 19.9 Å². The Bertz CT molecular complexity index is 699. The predicted molar refractivity (Wildman–Crippen MR) is 94.0 cm³/mol. The molecule has 0 bridgehead atoms. The molecule has 2 N–H and O–H groups in total. The lowest BCUT2D eigenvalue weighted by atomic mass is 10.0. The van der Waals surface area contributed by atoms with Gasteiger partial charge in [-0.3, -0.25) is 4.79 Å². The van der Waals surface area contributed by atoms with Crippen molar-refractivity contribution in [2.75, 3.05) is 21.3 Å². The first kappa shape index (κ1) is 18.6. The van der Waals surface area contributed by atoms with Crippen LogP contribution in [0.25, 0.3) is 0 Å².